The zero-order valence-electron chi connectivity index (χ0n) is 15.9. The van der Waals surface area contributed by atoms with Crippen molar-refractivity contribution in [1.29, 1.82) is 0 Å². The Kier molecular flexibility index (Phi) is 11.3. The lowest BCUT2D eigenvalue weighted by Crippen LogP contribution is -3.12. The molecule has 0 aliphatic rings. The molecule has 0 saturated carbocycles. The fourth-order valence-electron chi connectivity index (χ4n) is 3.47. The Balaban J connectivity index is 0.00000312. The molecule has 2 heteroatoms. The summed E-state index contributed by atoms with van der Waals surface area (Å²) in [5.74, 6) is 0.519. The summed E-state index contributed by atoms with van der Waals surface area (Å²) in [7, 11) is 0. The van der Waals surface area contributed by atoms with Crippen LogP contribution in [0.3, 0.4) is 0 Å². The van der Waals surface area contributed by atoms with E-state index < -0.39 is 0 Å². The lowest BCUT2D eigenvalue weighted by atomic mass is 9.88. The number of nitrogens with one attached hydrogen (secondary N) is 1. The van der Waals surface area contributed by atoms with Gasteiger partial charge in [0.2, 0.25) is 0 Å². The van der Waals surface area contributed by atoms with Crippen molar-refractivity contribution in [3.63, 3.8) is 0 Å². The fourth-order valence-corrected chi connectivity index (χ4v) is 3.47. The number of hydrogen-bond donors (Lipinski definition) is 1. The molecule has 1 nitrogen and oxygen atoms in total. The highest BCUT2D eigenvalue weighted by molar-refractivity contribution is 5.32. The molecule has 0 heterocycles. The predicted octanol–water partition coefficient (Wildman–Crippen LogP) is 1.70. The first-order chi connectivity index (χ1) is 11.8. The molecule has 138 valence electrons. The molecule has 1 N–H and O–H groups in total. The maximum atomic E-state index is 2.30. The van der Waals surface area contributed by atoms with Gasteiger partial charge in [0.15, 0.2) is 0 Å². The molecule has 2 aromatic rings. The molecule has 2 aromatic carbocycles. The van der Waals surface area contributed by atoms with Crippen LogP contribution in [0.2, 0.25) is 0 Å². The second kappa shape index (κ2) is 13.0. The zero-order valence-corrected chi connectivity index (χ0v) is 16.6. The van der Waals surface area contributed by atoms with Gasteiger partial charge in [-0.1, -0.05) is 87.4 Å². The monoisotopic (exact) mass is 359 g/mol. The molecule has 0 saturated heterocycles. The third kappa shape index (κ3) is 7.63. The SMILES string of the molecule is CCCC[NH+](CCCC)CCC(c1ccccc1)c1ccccc1.[Cl-]. The van der Waals surface area contributed by atoms with Crippen LogP contribution >= 0.6 is 0 Å². The lowest BCUT2D eigenvalue weighted by molar-refractivity contribution is -0.900. The van der Waals surface area contributed by atoms with Crippen LogP contribution < -0.4 is 17.3 Å². The quantitative estimate of drug-likeness (QED) is 0.623. The summed E-state index contributed by atoms with van der Waals surface area (Å²) in [4.78, 5) is 1.79. The molecule has 0 amide bonds. The van der Waals surface area contributed by atoms with Crippen LogP contribution in [0, 0.1) is 0 Å². The van der Waals surface area contributed by atoms with E-state index in [-0.39, 0.29) is 12.4 Å². The standard InChI is InChI=1S/C23H33N.ClH/c1-3-5-18-24(19-6-4-2)20-17-23(21-13-9-7-10-14-21)22-15-11-8-12-16-22;/h7-16,23H,3-6,17-20H2,1-2H3;1H. The second-order valence-corrected chi connectivity index (χ2v) is 6.87. The van der Waals surface area contributed by atoms with E-state index in [1.807, 2.05) is 0 Å². The minimum Gasteiger partial charge on any atom is -1.00 e. The van der Waals surface area contributed by atoms with Gasteiger partial charge in [-0.3, -0.25) is 0 Å². The first-order valence-corrected chi connectivity index (χ1v) is 9.78. The van der Waals surface area contributed by atoms with Crippen LogP contribution in [0.5, 0.6) is 0 Å². The fraction of sp³-hybridized carbons (Fsp3) is 0.478. The van der Waals surface area contributed by atoms with Gasteiger partial charge < -0.3 is 17.3 Å². The lowest BCUT2D eigenvalue weighted by Gasteiger charge is -2.23. The minimum atomic E-state index is 0. The summed E-state index contributed by atoms with van der Waals surface area (Å²) in [6.45, 7) is 8.52. The molecule has 0 aliphatic carbocycles. The molecular weight excluding hydrogens is 326 g/mol. The van der Waals surface area contributed by atoms with E-state index in [0.29, 0.717) is 5.92 Å². The van der Waals surface area contributed by atoms with Crippen molar-refractivity contribution in [2.24, 2.45) is 0 Å². The van der Waals surface area contributed by atoms with Crippen molar-refractivity contribution in [2.75, 3.05) is 19.6 Å². The number of quaternary nitrogens is 1. The van der Waals surface area contributed by atoms with Gasteiger partial charge >= 0.3 is 0 Å². The highest BCUT2D eigenvalue weighted by atomic mass is 35.5. The maximum absolute atomic E-state index is 2.30. The van der Waals surface area contributed by atoms with E-state index >= 15 is 0 Å². The topological polar surface area (TPSA) is 4.44 Å². The summed E-state index contributed by atoms with van der Waals surface area (Å²) in [5.41, 5.74) is 2.91. The molecule has 0 aromatic heterocycles. The van der Waals surface area contributed by atoms with Crippen molar-refractivity contribution in [2.45, 2.75) is 51.9 Å². The third-order valence-corrected chi connectivity index (χ3v) is 4.96. The Morgan fingerprint density at radius 1 is 0.680 bits per heavy atom. The molecule has 0 unspecified atom stereocenters. The van der Waals surface area contributed by atoms with E-state index in [1.54, 1.807) is 4.90 Å². The second-order valence-electron chi connectivity index (χ2n) is 6.87. The van der Waals surface area contributed by atoms with Crippen molar-refractivity contribution < 1.29 is 17.3 Å². The minimum absolute atomic E-state index is 0. The van der Waals surface area contributed by atoms with Crippen LogP contribution in [0.4, 0.5) is 0 Å². The number of rotatable bonds is 11. The van der Waals surface area contributed by atoms with Crippen LogP contribution in [0.25, 0.3) is 0 Å². The third-order valence-electron chi connectivity index (χ3n) is 4.96. The van der Waals surface area contributed by atoms with Crippen LogP contribution in [-0.2, 0) is 0 Å². The number of unbranched alkanes of at least 4 members (excludes halogenated alkanes) is 2. The summed E-state index contributed by atoms with van der Waals surface area (Å²) in [6, 6.07) is 22.1. The Hall–Kier alpha value is -1.31. The average Bonchev–Trinajstić information content (AvgIpc) is 2.65. The summed E-state index contributed by atoms with van der Waals surface area (Å²) in [6.07, 6.45) is 6.53. The average molecular weight is 360 g/mol. The van der Waals surface area contributed by atoms with Gasteiger partial charge in [-0.05, 0) is 24.0 Å². The molecule has 25 heavy (non-hydrogen) atoms. The van der Waals surface area contributed by atoms with Crippen LogP contribution in [0.1, 0.15) is 63.0 Å². The first-order valence-electron chi connectivity index (χ1n) is 9.78. The first kappa shape index (κ1) is 21.7. The number of halogens is 1. The molecule has 2 rings (SSSR count). The van der Waals surface area contributed by atoms with Gasteiger partial charge in [0.05, 0.1) is 19.6 Å². The van der Waals surface area contributed by atoms with Crippen molar-refractivity contribution in [1.82, 2.24) is 0 Å². The van der Waals surface area contributed by atoms with Gasteiger partial charge in [0, 0.05) is 12.3 Å². The van der Waals surface area contributed by atoms with Gasteiger partial charge in [-0.25, -0.2) is 0 Å². The van der Waals surface area contributed by atoms with E-state index in [1.165, 1.54) is 62.9 Å². The van der Waals surface area contributed by atoms with Crippen molar-refractivity contribution in [3.05, 3.63) is 71.8 Å². The largest absolute Gasteiger partial charge is 1.00 e. The van der Waals surface area contributed by atoms with E-state index in [2.05, 4.69) is 74.5 Å². The van der Waals surface area contributed by atoms with Gasteiger partial charge in [0.1, 0.15) is 0 Å². The molecule has 0 spiro atoms. The molecule has 0 radical (unpaired) electrons. The van der Waals surface area contributed by atoms with E-state index in [9.17, 15) is 0 Å². The number of hydrogen-bond acceptors (Lipinski definition) is 0. The predicted molar refractivity (Wildman–Crippen MR) is 105 cm³/mol. The zero-order chi connectivity index (χ0) is 17.0. The Morgan fingerprint density at radius 2 is 1.12 bits per heavy atom. The number of benzene rings is 2. The van der Waals surface area contributed by atoms with Gasteiger partial charge in [-0.2, -0.15) is 0 Å². The molecule has 0 fully saturated rings. The normalized spacial score (nSPS) is 10.9. The van der Waals surface area contributed by atoms with Crippen molar-refractivity contribution >= 4 is 0 Å². The van der Waals surface area contributed by atoms with Crippen molar-refractivity contribution in [3.8, 4) is 0 Å². The molecular formula is C23H34ClN. The smallest absolute Gasteiger partial charge is 0.0780 e. The Morgan fingerprint density at radius 3 is 1.52 bits per heavy atom. The summed E-state index contributed by atoms with van der Waals surface area (Å²) < 4.78 is 0. The summed E-state index contributed by atoms with van der Waals surface area (Å²) >= 11 is 0. The van der Waals surface area contributed by atoms with Crippen LogP contribution in [0.15, 0.2) is 60.7 Å². The molecule has 0 aliphatic heterocycles. The highest BCUT2D eigenvalue weighted by Gasteiger charge is 2.17. The van der Waals surface area contributed by atoms with E-state index in [4.69, 9.17) is 0 Å². The van der Waals surface area contributed by atoms with Gasteiger partial charge in [-0.15, -0.1) is 0 Å². The molecule has 0 atom stereocenters. The maximum Gasteiger partial charge on any atom is 0.0780 e. The highest BCUT2D eigenvalue weighted by Crippen LogP contribution is 2.27. The molecule has 0 bridgehead atoms. The Bertz CT molecular complexity index is 493. The Labute approximate surface area is 160 Å². The van der Waals surface area contributed by atoms with Crippen LogP contribution in [-0.4, -0.2) is 19.6 Å². The summed E-state index contributed by atoms with van der Waals surface area (Å²) in [5, 5.41) is 0. The van der Waals surface area contributed by atoms with E-state index in [0.717, 1.165) is 0 Å². The van der Waals surface area contributed by atoms with Gasteiger partial charge in [0.25, 0.3) is 0 Å².